The van der Waals surface area contributed by atoms with Crippen molar-refractivity contribution in [2.75, 3.05) is 0 Å². The van der Waals surface area contributed by atoms with E-state index in [4.69, 9.17) is 4.42 Å². The highest BCUT2D eigenvalue weighted by molar-refractivity contribution is 6.01. The zero-order chi connectivity index (χ0) is 16.3. The minimum Gasteiger partial charge on any atom is -0.466 e. The Bertz CT molecular complexity index is 745. The number of carbonyl (C=O) groups excluding carboxylic acids is 1. The van der Waals surface area contributed by atoms with Crippen LogP contribution in [0.4, 0.5) is 5.69 Å². The van der Waals surface area contributed by atoms with Crippen LogP contribution in [0.15, 0.2) is 39.9 Å². The van der Waals surface area contributed by atoms with Gasteiger partial charge in [-0.2, -0.15) is 5.10 Å². The first-order chi connectivity index (χ1) is 10.4. The zero-order valence-corrected chi connectivity index (χ0v) is 12.4. The number of carbonyl (C=O) groups is 1. The highest BCUT2D eigenvalue weighted by atomic mass is 16.6. The highest BCUT2D eigenvalue weighted by Gasteiger charge is 2.11. The Morgan fingerprint density at radius 3 is 2.41 bits per heavy atom. The molecule has 0 saturated carbocycles. The number of amides is 1. The van der Waals surface area contributed by atoms with Crippen molar-refractivity contribution in [3.8, 4) is 0 Å². The third-order valence-corrected chi connectivity index (χ3v) is 3.10. The van der Waals surface area contributed by atoms with Crippen LogP contribution in [-0.2, 0) is 0 Å². The van der Waals surface area contributed by atoms with Crippen molar-refractivity contribution in [1.82, 2.24) is 5.43 Å². The van der Waals surface area contributed by atoms with Crippen LogP contribution in [0, 0.1) is 24.0 Å². The molecule has 0 aliphatic rings. The maximum absolute atomic E-state index is 11.9. The Labute approximate surface area is 126 Å². The molecule has 1 aromatic heterocycles. The number of hydrogen-bond acceptors (Lipinski definition) is 5. The first-order valence-electron chi connectivity index (χ1n) is 6.55. The summed E-state index contributed by atoms with van der Waals surface area (Å²) < 4.78 is 5.41. The Morgan fingerprint density at radius 2 is 1.91 bits per heavy atom. The van der Waals surface area contributed by atoms with Crippen molar-refractivity contribution >= 4 is 17.3 Å². The van der Waals surface area contributed by atoms with Gasteiger partial charge >= 0.3 is 0 Å². The molecule has 1 aromatic carbocycles. The van der Waals surface area contributed by atoms with Crippen LogP contribution >= 0.6 is 0 Å². The molecule has 0 atom stereocenters. The van der Waals surface area contributed by atoms with Gasteiger partial charge in [0.05, 0.1) is 10.6 Å². The molecule has 1 heterocycles. The minimum absolute atomic E-state index is 0.0688. The summed E-state index contributed by atoms with van der Waals surface area (Å²) in [6.07, 6.45) is 0. The summed E-state index contributed by atoms with van der Waals surface area (Å²) in [5, 5.41) is 14.6. The van der Waals surface area contributed by atoms with Crippen molar-refractivity contribution in [3.05, 3.63) is 63.1 Å². The smallest absolute Gasteiger partial charge is 0.271 e. The topological polar surface area (TPSA) is 97.7 Å². The molecule has 7 heteroatoms. The summed E-state index contributed by atoms with van der Waals surface area (Å²) in [7, 11) is 0. The van der Waals surface area contributed by atoms with E-state index in [1.165, 1.54) is 24.3 Å². The van der Waals surface area contributed by atoms with Crippen LogP contribution in [0.1, 0.15) is 34.4 Å². The predicted octanol–water partition coefficient (Wildman–Crippen LogP) is 2.96. The fraction of sp³-hybridized carbons (Fsp3) is 0.200. The number of nitro benzene ring substituents is 1. The number of hydrogen-bond donors (Lipinski definition) is 1. The molecule has 0 radical (unpaired) electrons. The van der Waals surface area contributed by atoms with E-state index in [1.807, 2.05) is 19.9 Å². The van der Waals surface area contributed by atoms with Crippen molar-refractivity contribution in [2.45, 2.75) is 20.8 Å². The molecule has 114 valence electrons. The molecule has 0 saturated heterocycles. The van der Waals surface area contributed by atoms with E-state index in [-0.39, 0.29) is 5.69 Å². The number of rotatable bonds is 4. The lowest BCUT2D eigenvalue weighted by Gasteiger charge is -2.02. The molecule has 0 bridgehead atoms. The zero-order valence-electron chi connectivity index (χ0n) is 12.4. The van der Waals surface area contributed by atoms with Gasteiger partial charge in [-0.25, -0.2) is 5.43 Å². The monoisotopic (exact) mass is 301 g/mol. The third-order valence-electron chi connectivity index (χ3n) is 3.10. The summed E-state index contributed by atoms with van der Waals surface area (Å²) in [5.41, 5.74) is 4.08. The number of nitro groups is 1. The average Bonchev–Trinajstić information content (AvgIpc) is 2.83. The first kappa shape index (κ1) is 15.4. The van der Waals surface area contributed by atoms with E-state index in [1.54, 1.807) is 6.92 Å². The molecule has 0 fully saturated rings. The molecule has 0 aliphatic heterocycles. The van der Waals surface area contributed by atoms with Crippen LogP contribution in [0.3, 0.4) is 0 Å². The van der Waals surface area contributed by atoms with Gasteiger partial charge in [-0.05, 0) is 39.0 Å². The molecule has 22 heavy (non-hydrogen) atoms. The largest absolute Gasteiger partial charge is 0.466 e. The van der Waals surface area contributed by atoms with Crippen LogP contribution in [0.25, 0.3) is 0 Å². The van der Waals surface area contributed by atoms with E-state index in [0.29, 0.717) is 11.3 Å². The maximum Gasteiger partial charge on any atom is 0.271 e. The van der Waals surface area contributed by atoms with E-state index < -0.39 is 10.8 Å². The summed E-state index contributed by atoms with van der Waals surface area (Å²) in [6.45, 7) is 5.41. The van der Waals surface area contributed by atoms with Gasteiger partial charge in [0, 0.05) is 23.3 Å². The van der Waals surface area contributed by atoms with E-state index in [2.05, 4.69) is 10.5 Å². The molecular weight excluding hydrogens is 286 g/mol. The number of nitrogens with one attached hydrogen (secondary N) is 1. The van der Waals surface area contributed by atoms with Crippen LogP contribution in [0.2, 0.25) is 0 Å². The second-order valence-corrected chi connectivity index (χ2v) is 4.77. The molecule has 1 amide bonds. The van der Waals surface area contributed by atoms with Gasteiger partial charge in [0.15, 0.2) is 0 Å². The number of hydrazone groups is 1. The van der Waals surface area contributed by atoms with Crippen LogP contribution in [-0.4, -0.2) is 16.5 Å². The molecule has 7 nitrogen and oxygen atoms in total. The summed E-state index contributed by atoms with van der Waals surface area (Å²) in [5.74, 6) is 1.05. The van der Waals surface area contributed by atoms with Gasteiger partial charge < -0.3 is 4.42 Å². The highest BCUT2D eigenvalue weighted by Crippen LogP contribution is 2.15. The lowest BCUT2D eigenvalue weighted by atomic mass is 10.2. The summed E-state index contributed by atoms with van der Waals surface area (Å²) >= 11 is 0. The first-order valence-corrected chi connectivity index (χ1v) is 6.55. The maximum atomic E-state index is 11.9. The number of furan rings is 1. The minimum atomic E-state index is -0.520. The fourth-order valence-corrected chi connectivity index (χ4v) is 1.98. The number of nitrogens with zero attached hydrogens (tertiary/aromatic N) is 2. The summed E-state index contributed by atoms with van der Waals surface area (Å²) in [4.78, 5) is 22.0. The van der Waals surface area contributed by atoms with Gasteiger partial charge in [0.2, 0.25) is 0 Å². The molecule has 0 aliphatic carbocycles. The molecule has 0 spiro atoms. The van der Waals surface area contributed by atoms with E-state index in [0.717, 1.165) is 17.1 Å². The predicted molar refractivity (Wildman–Crippen MR) is 81.0 cm³/mol. The quantitative estimate of drug-likeness (QED) is 0.533. The molecule has 2 aromatic rings. The van der Waals surface area contributed by atoms with Crippen molar-refractivity contribution in [1.29, 1.82) is 0 Å². The van der Waals surface area contributed by atoms with E-state index in [9.17, 15) is 14.9 Å². The lowest BCUT2D eigenvalue weighted by Crippen LogP contribution is -2.19. The van der Waals surface area contributed by atoms with Gasteiger partial charge in [-0.15, -0.1) is 0 Å². The second kappa shape index (κ2) is 6.21. The van der Waals surface area contributed by atoms with Gasteiger partial charge in [0.1, 0.15) is 11.5 Å². The Morgan fingerprint density at radius 1 is 1.27 bits per heavy atom. The van der Waals surface area contributed by atoms with Crippen molar-refractivity contribution < 1.29 is 14.1 Å². The number of benzene rings is 1. The molecule has 0 unspecified atom stereocenters. The van der Waals surface area contributed by atoms with Gasteiger partial charge in [-0.3, -0.25) is 14.9 Å². The standard InChI is InChI=1S/C15H15N3O4/c1-9-8-14(11(3)22-9)10(2)16-17-15(19)12-4-6-13(7-5-12)18(20)21/h4-8H,1-3H3,(H,17,19)/b16-10-. The SMILES string of the molecule is C/C(=N/NC(=O)c1ccc([N+](=O)[O-])cc1)c1cc(C)oc1C. The Hall–Kier alpha value is -2.96. The van der Waals surface area contributed by atoms with Gasteiger partial charge in [0.25, 0.3) is 11.6 Å². The van der Waals surface area contributed by atoms with Crippen molar-refractivity contribution in [2.24, 2.45) is 5.10 Å². The Kier molecular flexibility index (Phi) is 4.36. The molecule has 2 rings (SSSR count). The molecular formula is C15H15N3O4. The van der Waals surface area contributed by atoms with Crippen LogP contribution in [0.5, 0.6) is 0 Å². The second-order valence-electron chi connectivity index (χ2n) is 4.77. The van der Waals surface area contributed by atoms with Gasteiger partial charge in [-0.1, -0.05) is 0 Å². The Balaban J connectivity index is 2.10. The lowest BCUT2D eigenvalue weighted by molar-refractivity contribution is -0.384. The summed E-state index contributed by atoms with van der Waals surface area (Å²) in [6, 6.07) is 7.15. The van der Waals surface area contributed by atoms with Crippen LogP contribution < -0.4 is 5.43 Å². The van der Waals surface area contributed by atoms with E-state index >= 15 is 0 Å². The normalized spacial score (nSPS) is 11.3. The number of non-ortho nitro benzene ring substituents is 1. The molecule has 1 N–H and O–H groups in total. The van der Waals surface area contributed by atoms with Crippen molar-refractivity contribution in [3.63, 3.8) is 0 Å². The average molecular weight is 301 g/mol. The third kappa shape index (κ3) is 3.38. The number of aryl methyl sites for hydroxylation is 2. The fourth-order valence-electron chi connectivity index (χ4n) is 1.98.